The summed E-state index contributed by atoms with van der Waals surface area (Å²) in [5.74, 6) is -0.948. The van der Waals surface area contributed by atoms with Gasteiger partial charge in [-0.3, -0.25) is 0 Å². The van der Waals surface area contributed by atoms with E-state index in [-0.39, 0.29) is 5.56 Å². The molecule has 0 aromatic heterocycles. The van der Waals surface area contributed by atoms with Crippen LogP contribution >= 0.6 is 11.6 Å². The molecule has 3 nitrogen and oxygen atoms in total. The zero-order chi connectivity index (χ0) is 12.5. The molecule has 2 rings (SSSR count). The summed E-state index contributed by atoms with van der Waals surface area (Å²) in [7, 11) is 0. The summed E-state index contributed by atoms with van der Waals surface area (Å²) < 4.78 is 0. The van der Waals surface area contributed by atoms with Crippen molar-refractivity contribution in [3.05, 3.63) is 28.8 Å². The third-order valence-electron chi connectivity index (χ3n) is 3.57. The Balaban J connectivity index is 2.12. The van der Waals surface area contributed by atoms with Crippen LogP contribution in [-0.2, 0) is 0 Å². The van der Waals surface area contributed by atoms with Crippen LogP contribution in [0, 0.1) is 5.41 Å². The fourth-order valence-corrected chi connectivity index (χ4v) is 2.13. The van der Waals surface area contributed by atoms with Gasteiger partial charge in [0.15, 0.2) is 0 Å². The molecule has 1 saturated carbocycles. The molecule has 2 N–H and O–H groups in total. The predicted octanol–water partition coefficient (Wildman–Crippen LogP) is 3.64. The van der Waals surface area contributed by atoms with Crippen LogP contribution in [0.3, 0.4) is 0 Å². The van der Waals surface area contributed by atoms with Gasteiger partial charge in [-0.15, -0.1) is 0 Å². The Bertz CT molecular complexity index is 441. The molecule has 0 bridgehead atoms. The van der Waals surface area contributed by atoms with Crippen LogP contribution in [0.2, 0.25) is 5.02 Å². The van der Waals surface area contributed by atoms with Gasteiger partial charge in [0.2, 0.25) is 0 Å². The van der Waals surface area contributed by atoms with Gasteiger partial charge < -0.3 is 10.4 Å². The number of benzene rings is 1. The maximum Gasteiger partial charge on any atom is 0.337 e. The largest absolute Gasteiger partial charge is 0.478 e. The van der Waals surface area contributed by atoms with Crippen molar-refractivity contribution in [2.24, 2.45) is 5.41 Å². The molecule has 1 aliphatic rings. The maximum absolute atomic E-state index is 11.1. The van der Waals surface area contributed by atoms with Crippen molar-refractivity contribution in [3.63, 3.8) is 0 Å². The van der Waals surface area contributed by atoms with Crippen LogP contribution in [0.5, 0.6) is 0 Å². The SMILES string of the molecule is CCC1(CNc2ccc(Cl)cc2C(=O)O)CC1. The van der Waals surface area contributed by atoms with E-state index in [4.69, 9.17) is 16.7 Å². The number of hydrogen-bond acceptors (Lipinski definition) is 2. The minimum absolute atomic E-state index is 0.240. The number of nitrogens with one attached hydrogen (secondary N) is 1. The number of carbonyl (C=O) groups is 1. The molecule has 0 radical (unpaired) electrons. The van der Waals surface area contributed by atoms with Crippen LogP contribution in [0.15, 0.2) is 18.2 Å². The van der Waals surface area contributed by atoms with Crippen molar-refractivity contribution < 1.29 is 9.90 Å². The molecular formula is C13H16ClNO2. The quantitative estimate of drug-likeness (QED) is 0.842. The summed E-state index contributed by atoms with van der Waals surface area (Å²) in [6.45, 7) is 3.01. The molecule has 92 valence electrons. The highest BCUT2D eigenvalue weighted by atomic mass is 35.5. The number of carboxylic acid groups (broad SMARTS) is 1. The monoisotopic (exact) mass is 253 g/mol. The highest BCUT2D eigenvalue weighted by Gasteiger charge is 2.40. The van der Waals surface area contributed by atoms with Crippen LogP contribution in [0.1, 0.15) is 36.5 Å². The third kappa shape index (κ3) is 2.72. The summed E-state index contributed by atoms with van der Waals surface area (Å²) in [5, 5.41) is 12.8. The Labute approximate surface area is 106 Å². The summed E-state index contributed by atoms with van der Waals surface area (Å²) in [4.78, 5) is 11.1. The first-order valence-corrected chi connectivity index (χ1v) is 6.21. The summed E-state index contributed by atoms with van der Waals surface area (Å²) >= 11 is 5.80. The van der Waals surface area contributed by atoms with Crippen molar-refractivity contribution in [1.82, 2.24) is 0 Å². The number of carboxylic acids is 1. The number of hydrogen-bond donors (Lipinski definition) is 2. The lowest BCUT2D eigenvalue weighted by atomic mass is 10.0. The molecule has 4 heteroatoms. The average molecular weight is 254 g/mol. The van der Waals surface area contributed by atoms with Gasteiger partial charge in [0, 0.05) is 17.3 Å². The molecule has 0 aliphatic heterocycles. The molecule has 17 heavy (non-hydrogen) atoms. The molecule has 0 heterocycles. The van der Waals surface area contributed by atoms with Gasteiger partial charge in [-0.1, -0.05) is 18.5 Å². The molecule has 0 spiro atoms. The molecule has 0 saturated heterocycles. The van der Waals surface area contributed by atoms with E-state index >= 15 is 0 Å². The lowest BCUT2D eigenvalue weighted by Crippen LogP contribution is -2.16. The first-order valence-electron chi connectivity index (χ1n) is 5.83. The van der Waals surface area contributed by atoms with Gasteiger partial charge in [0.1, 0.15) is 0 Å². The molecule has 0 unspecified atom stereocenters. The van der Waals surface area contributed by atoms with E-state index in [2.05, 4.69) is 12.2 Å². The van der Waals surface area contributed by atoms with Crippen LogP contribution in [0.4, 0.5) is 5.69 Å². The zero-order valence-corrected chi connectivity index (χ0v) is 10.5. The van der Waals surface area contributed by atoms with E-state index in [0.717, 1.165) is 13.0 Å². The normalized spacial score (nSPS) is 16.6. The van der Waals surface area contributed by atoms with Gasteiger partial charge in [-0.25, -0.2) is 4.79 Å². The number of aromatic carboxylic acids is 1. The second-order valence-corrected chi connectivity index (χ2v) is 5.14. The second-order valence-electron chi connectivity index (χ2n) is 4.70. The van der Waals surface area contributed by atoms with E-state index in [1.54, 1.807) is 12.1 Å². The summed E-state index contributed by atoms with van der Waals surface area (Å²) in [6.07, 6.45) is 3.59. The topological polar surface area (TPSA) is 49.3 Å². The van der Waals surface area contributed by atoms with Crippen molar-refractivity contribution >= 4 is 23.3 Å². The van der Waals surface area contributed by atoms with Crippen LogP contribution < -0.4 is 5.32 Å². The second kappa shape index (κ2) is 4.57. The first kappa shape index (κ1) is 12.2. The van der Waals surface area contributed by atoms with Crippen molar-refractivity contribution in [3.8, 4) is 0 Å². The van der Waals surface area contributed by atoms with Crippen LogP contribution in [-0.4, -0.2) is 17.6 Å². The third-order valence-corrected chi connectivity index (χ3v) is 3.81. The van der Waals surface area contributed by atoms with E-state index in [9.17, 15) is 4.79 Å². The predicted molar refractivity (Wildman–Crippen MR) is 68.9 cm³/mol. The molecule has 1 fully saturated rings. The minimum Gasteiger partial charge on any atom is -0.478 e. The smallest absolute Gasteiger partial charge is 0.337 e. The van der Waals surface area contributed by atoms with Crippen molar-refractivity contribution in [2.75, 3.05) is 11.9 Å². The Morgan fingerprint density at radius 1 is 1.53 bits per heavy atom. The molecular weight excluding hydrogens is 238 g/mol. The zero-order valence-electron chi connectivity index (χ0n) is 9.79. The van der Waals surface area contributed by atoms with E-state index in [1.807, 2.05) is 0 Å². The van der Waals surface area contributed by atoms with Gasteiger partial charge in [-0.2, -0.15) is 0 Å². The Hall–Kier alpha value is -1.22. The first-order chi connectivity index (χ1) is 8.06. The van der Waals surface area contributed by atoms with Crippen molar-refractivity contribution in [2.45, 2.75) is 26.2 Å². The highest BCUT2D eigenvalue weighted by molar-refractivity contribution is 6.31. The average Bonchev–Trinajstić information content (AvgIpc) is 3.08. The number of rotatable bonds is 5. The Morgan fingerprint density at radius 2 is 2.24 bits per heavy atom. The molecule has 1 aromatic rings. The van der Waals surface area contributed by atoms with E-state index in [0.29, 0.717) is 16.1 Å². The lowest BCUT2D eigenvalue weighted by molar-refractivity contribution is 0.0698. The molecule has 1 aliphatic carbocycles. The summed E-state index contributed by atoms with van der Waals surface area (Å²) in [5.41, 5.74) is 1.28. The summed E-state index contributed by atoms with van der Waals surface area (Å²) in [6, 6.07) is 4.93. The fraction of sp³-hybridized carbons (Fsp3) is 0.462. The lowest BCUT2D eigenvalue weighted by Gasteiger charge is -2.16. The number of halogens is 1. The van der Waals surface area contributed by atoms with Crippen molar-refractivity contribution in [1.29, 1.82) is 0 Å². The standard InChI is InChI=1S/C13H16ClNO2/c1-2-13(5-6-13)8-15-11-4-3-9(14)7-10(11)12(16)17/h3-4,7,15H,2,5-6,8H2,1H3,(H,16,17). The van der Waals surface area contributed by atoms with Crippen LogP contribution in [0.25, 0.3) is 0 Å². The number of anilines is 1. The Kier molecular flexibility index (Phi) is 3.29. The van der Waals surface area contributed by atoms with E-state index in [1.165, 1.54) is 18.9 Å². The van der Waals surface area contributed by atoms with Gasteiger partial charge in [-0.05, 0) is 42.9 Å². The Morgan fingerprint density at radius 3 is 2.76 bits per heavy atom. The minimum atomic E-state index is -0.948. The highest BCUT2D eigenvalue weighted by Crippen LogP contribution is 2.48. The van der Waals surface area contributed by atoms with Gasteiger partial charge in [0.25, 0.3) is 0 Å². The molecule has 0 atom stereocenters. The van der Waals surface area contributed by atoms with Gasteiger partial charge >= 0.3 is 5.97 Å². The molecule has 0 amide bonds. The van der Waals surface area contributed by atoms with Gasteiger partial charge in [0.05, 0.1) is 5.56 Å². The van der Waals surface area contributed by atoms with E-state index < -0.39 is 5.97 Å². The molecule has 1 aromatic carbocycles. The fourth-order valence-electron chi connectivity index (χ4n) is 1.96. The maximum atomic E-state index is 11.1.